The molecule has 0 aromatic heterocycles. The highest BCUT2D eigenvalue weighted by Crippen LogP contribution is 2.25. The molecule has 7 heteroatoms. The van der Waals surface area contributed by atoms with Crippen LogP contribution in [0.2, 0.25) is 0 Å². The molecule has 2 aromatic carbocycles. The van der Waals surface area contributed by atoms with E-state index in [1.54, 1.807) is 0 Å². The van der Waals surface area contributed by atoms with E-state index in [0.717, 1.165) is 0 Å². The number of Topliss-reactive ketones (excluding diaryl/α,β-unsaturated/α-hetero) is 1. The number of hydrogen-bond acceptors (Lipinski definition) is 7. The average Bonchev–Trinajstić information content (AvgIpc) is 2.67. The lowest BCUT2D eigenvalue weighted by Gasteiger charge is -2.14. The van der Waals surface area contributed by atoms with Gasteiger partial charge in [-0.15, -0.1) is 0 Å². The largest absolute Gasteiger partial charge is 0.508 e. The van der Waals surface area contributed by atoms with Crippen LogP contribution in [0.15, 0.2) is 48.5 Å². The van der Waals surface area contributed by atoms with E-state index >= 15 is 0 Å². The van der Waals surface area contributed by atoms with Crippen LogP contribution in [-0.2, 0) is 4.79 Å². The number of phenolic OH excluding ortho intramolecular Hbond substituents is 2. The molecule has 0 aliphatic heterocycles. The van der Waals surface area contributed by atoms with Crippen LogP contribution in [-0.4, -0.2) is 37.0 Å². The number of ketones is 1. The third-order valence-corrected chi connectivity index (χ3v) is 3.09. The quantitative estimate of drug-likeness (QED) is 0.218. The van der Waals surface area contributed by atoms with Gasteiger partial charge in [0.2, 0.25) is 0 Å². The number of carbonyl (C=O) groups is 1. The van der Waals surface area contributed by atoms with Gasteiger partial charge < -0.3 is 15.0 Å². The zero-order chi connectivity index (χ0) is 22.7. The maximum atomic E-state index is 9.44. The average molecular weight is 398 g/mol. The van der Waals surface area contributed by atoms with Gasteiger partial charge in [-0.2, -0.15) is 0 Å². The SMILES string of the molecule is CC(C)=O.CC(C)c1ccccc1C(C)C.OO.OO.Oc1ccc(O)cc1. The number of benzene rings is 2. The maximum Gasteiger partial charge on any atom is 0.126 e. The fourth-order valence-electron chi connectivity index (χ4n) is 2.02. The zero-order valence-corrected chi connectivity index (χ0v) is 17.4. The van der Waals surface area contributed by atoms with E-state index in [2.05, 4.69) is 52.0 Å². The first-order chi connectivity index (χ1) is 13.1. The van der Waals surface area contributed by atoms with E-state index in [-0.39, 0.29) is 17.3 Å². The van der Waals surface area contributed by atoms with Gasteiger partial charge in [-0.3, -0.25) is 21.0 Å². The van der Waals surface area contributed by atoms with Gasteiger partial charge in [0.05, 0.1) is 0 Å². The van der Waals surface area contributed by atoms with Crippen molar-refractivity contribution in [2.75, 3.05) is 0 Å². The molecule has 0 saturated carbocycles. The Kier molecular flexibility index (Phi) is 20.9. The second-order valence-electron chi connectivity index (χ2n) is 6.36. The monoisotopic (exact) mass is 398 g/mol. The molecule has 0 aliphatic rings. The van der Waals surface area contributed by atoms with Crippen LogP contribution >= 0.6 is 0 Å². The molecule has 0 radical (unpaired) electrons. The summed E-state index contributed by atoms with van der Waals surface area (Å²) < 4.78 is 0. The topological polar surface area (TPSA) is 138 Å². The molecule has 0 saturated heterocycles. The van der Waals surface area contributed by atoms with Crippen LogP contribution in [0.5, 0.6) is 11.5 Å². The van der Waals surface area contributed by atoms with E-state index in [1.165, 1.54) is 49.2 Å². The fourth-order valence-corrected chi connectivity index (χ4v) is 2.02. The molecular weight excluding hydrogens is 364 g/mol. The predicted octanol–water partition coefficient (Wildman–Crippen LogP) is 5.66. The van der Waals surface area contributed by atoms with E-state index < -0.39 is 0 Å². The molecule has 160 valence electrons. The number of hydrogen-bond donors (Lipinski definition) is 6. The van der Waals surface area contributed by atoms with E-state index in [4.69, 9.17) is 31.2 Å². The van der Waals surface area contributed by atoms with Crippen LogP contribution in [0.4, 0.5) is 0 Å². The number of phenols is 2. The summed E-state index contributed by atoms with van der Waals surface area (Å²) in [6.07, 6.45) is 0. The highest BCUT2D eigenvalue weighted by molar-refractivity contribution is 5.72. The number of rotatable bonds is 2. The zero-order valence-electron chi connectivity index (χ0n) is 17.4. The summed E-state index contributed by atoms with van der Waals surface area (Å²) >= 11 is 0. The minimum absolute atomic E-state index is 0.167. The van der Waals surface area contributed by atoms with Gasteiger partial charge >= 0.3 is 0 Å². The summed E-state index contributed by atoms with van der Waals surface area (Å²) in [5, 5.41) is 41.3. The standard InChI is InChI=1S/C12H18.C6H6O2.C3H6O.2H2O2/c1-9(2)11-7-5-6-8-12(11)10(3)4;7-5-1-2-6(8)4-3-5;1-3(2)4;2*1-2/h5-10H,1-4H3;1-4,7-8H;1-2H3;2*1-2H. The summed E-state index contributed by atoms with van der Waals surface area (Å²) in [5.41, 5.74) is 2.99. The molecule has 0 fully saturated rings. The molecule has 0 spiro atoms. The summed E-state index contributed by atoms with van der Waals surface area (Å²) in [6, 6.07) is 14.4. The molecule has 7 nitrogen and oxygen atoms in total. The van der Waals surface area contributed by atoms with Gasteiger partial charge in [0.1, 0.15) is 17.3 Å². The molecule has 0 heterocycles. The Morgan fingerprint density at radius 3 is 1.04 bits per heavy atom. The van der Waals surface area contributed by atoms with Crippen molar-refractivity contribution in [2.24, 2.45) is 0 Å². The fraction of sp³-hybridized carbons (Fsp3) is 0.381. The maximum absolute atomic E-state index is 9.44. The van der Waals surface area contributed by atoms with Gasteiger partial charge in [0.15, 0.2) is 0 Å². The van der Waals surface area contributed by atoms with Crippen LogP contribution < -0.4 is 0 Å². The van der Waals surface area contributed by atoms with E-state index in [1.807, 2.05) is 0 Å². The van der Waals surface area contributed by atoms with Crippen molar-refractivity contribution in [3.63, 3.8) is 0 Å². The summed E-state index contributed by atoms with van der Waals surface area (Å²) in [4.78, 5) is 9.44. The Bertz CT molecular complexity index is 556. The second-order valence-corrected chi connectivity index (χ2v) is 6.36. The molecule has 0 bridgehead atoms. The third kappa shape index (κ3) is 17.0. The molecule has 0 amide bonds. The highest BCUT2D eigenvalue weighted by Gasteiger charge is 2.07. The van der Waals surface area contributed by atoms with Crippen molar-refractivity contribution in [1.29, 1.82) is 0 Å². The summed E-state index contributed by atoms with van der Waals surface area (Å²) in [5.74, 6) is 1.79. The number of aromatic hydroxyl groups is 2. The van der Waals surface area contributed by atoms with Gasteiger partial charge in [-0.05, 0) is 61.1 Å². The van der Waals surface area contributed by atoms with Crippen LogP contribution in [0.1, 0.15) is 64.5 Å². The van der Waals surface area contributed by atoms with Gasteiger partial charge in [0, 0.05) is 0 Å². The lowest BCUT2D eigenvalue weighted by molar-refractivity contribution is -0.176. The van der Waals surface area contributed by atoms with Gasteiger partial charge in [0.25, 0.3) is 0 Å². The normalized spacial score (nSPS) is 8.71. The minimum Gasteiger partial charge on any atom is -0.508 e. The van der Waals surface area contributed by atoms with Crippen molar-refractivity contribution < 1.29 is 36.0 Å². The lowest BCUT2D eigenvalue weighted by atomic mass is 9.91. The van der Waals surface area contributed by atoms with Crippen LogP contribution in [0.3, 0.4) is 0 Å². The van der Waals surface area contributed by atoms with E-state index in [9.17, 15) is 4.79 Å². The Morgan fingerprint density at radius 1 is 0.643 bits per heavy atom. The molecule has 0 atom stereocenters. The number of carbonyl (C=O) groups excluding carboxylic acids is 1. The first-order valence-electron chi connectivity index (χ1n) is 8.59. The Morgan fingerprint density at radius 2 is 0.857 bits per heavy atom. The minimum atomic E-state index is 0.167. The van der Waals surface area contributed by atoms with Crippen LogP contribution in [0.25, 0.3) is 0 Å². The highest BCUT2D eigenvalue weighted by atomic mass is 17.0. The third-order valence-electron chi connectivity index (χ3n) is 3.09. The molecule has 2 rings (SSSR count). The first-order valence-corrected chi connectivity index (χ1v) is 8.59. The summed E-state index contributed by atoms with van der Waals surface area (Å²) in [7, 11) is 0. The van der Waals surface area contributed by atoms with Gasteiger partial charge in [-0.1, -0.05) is 52.0 Å². The van der Waals surface area contributed by atoms with Crippen LogP contribution in [0, 0.1) is 0 Å². The van der Waals surface area contributed by atoms with Crippen molar-refractivity contribution in [3.8, 4) is 11.5 Å². The molecule has 28 heavy (non-hydrogen) atoms. The Balaban J connectivity index is -0.000000338. The van der Waals surface area contributed by atoms with Crippen molar-refractivity contribution >= 4 is 5.78 Å². The Labute approximate surface area is 167 Å². The second kappa shape index (κ2) is 19.3. The summed E-state index contributed by atoms with van der Waals surface area (Å²) in [6.45, 7) is 12.1. The van der Waals surface area contributed by atoms with Crippen molar-refractivity contribution in [1.82, 2.24) is 0 Å². The van der Waals surface area contributed by atoms with Gasteiger partial charge in [-0.25, -0.2) is 0 Å². The lowest BCUT2D eigenvalue weighted by Crippen LogP contribution is -1.97. The molecule has 0 unspecified atom stereocenters. The Hall–Kier alpha value is -2.45. The molecule has 2 aromatic rings. The van der Waals surface area contributed by atoms with Crippen molar-refractivity contribution in [3.05, 3.63) is 59.7 Å². The van der Waals surface area contributed by atoms with E-state index in [0.29, 0.717) is 11.8 Å². The molecule has 0 aliphatic carbocycles. The van der Waals surface area contributed by atoms with Crippen molar-refractivity contribution in [2.45, 2.75) is 53.4 Å². The molecular formula is C21H34O7. The predicted molar refractivity (Wildman–Crippen MR) is 111 cm³/mol. The molecule has 6 N–H and O–H groups in total. The smallest absolute Gasteiger partial charge is 0.126 e. The first kappa shape index (κ1) is 30.3.